The summed E-state index contributed by atoms with van der Waals surface area (Å²) in [7, 11) is 0. The van der Waals surface area contributed by atoms with E-state index in [-0.39, 0.29) is 11.9 Å². The summed E-state index contributed by atoms with van der Waals surface area (Å²) in [6.45, 7) is 3.93. The van der Waals surface area contributed by atoms with E-state index >= 15 is 0 Å². The highest BCUT2D eigenvalue weighted by atomic mass is 32.1. The van der Waals surface area contributed by atoms with Crippen LogP contribution in [0.15, 0.2) is 30.0 Å². The molecule has 2 aliphatic heterocycles. The van der Waals surface area contributed by atoms with Crippen LogP contribution in [0.3, 0.4) is 0 Å². The molecule has 4 heterocycles. The Labute approximate surface area is 151 Å². The molecule has 0 bridgehead atoms. The van der Waals surface area contributed by atoms with Crippen LogP contribution in [0.25, 0.3) is 0 Å². The Morgan fingerprint density at radius 1 is 1.40 bits per heavy atom. The minimum absolute atomic E-state index is 0.0903. The van der Waals surface area contributed by atoms with Gasteiger partial charge in [-0.25, -0.2) is 4.98 Å². The molecule has 0 aromatic carbocycles. The van der Waals surface area contributed by atoms with Gasteiger partial charge < -0.3 is 14.6 Å². The Kier molecular flexibility index (Phi) is 5.14. The third-order valence-electron chi connectivity index (χ3n) is 5.12. The monoisotopic (exact) mass is 360 g/mol. The number of amides is 1. The van der Waals surface area contributed by atoms with Gasteiger partial charge in [-0.3, -0.25) is 9.69 Å². The van der Waals surface area contributed by atoms with Crippen molar-refractivity contribution in [1.82, 2.24) is 19.8 Å². The highest BCUT2D eigenvalue weighted by molar-refractivity contribution is 7.09. The molecule has 25 heavy (non-hydrogen) atoms. The Hall–Kier alpha value is -1.70. The summed E-state index contributed by atoms with van der Waals surface area (Å²) >= 11 is 1.73. The largest absolute Gasteiger partial charge is 0.381 e. The second kappa shape index (κ2) is 7.68. The fraction of sp³-hybridized carbons (Fsp3) is 0.556. The van der Waals surface area contributed by atoms with Crippen LogP contribution in [0.2, 0.25) is 0 Å². The Morgan fingerprint density at radius 2 is 2.28 bits per heavy atom. The number of carbonyl (C=O) groups is 1. The number of nitrogens with one attached hydrogen (secondary N) is 1. The SMILES string of the molecule is O=C(NCCc1cccs1)[C@H]1CN(C2CCOCC2)Cc2cncn21. The van der Waals surface area contributed by atoms with Gasteiger partial charge in [-0.1, -0.05) is 6.07 Å². The minimum Gasteiger partial charge on any atom is -0.381 e. The van der Waals surface area contributed by atoms with Gasteiger partial charge >= 0.3 is 0 Å². The lowest BCUT2D eigenvalue weighted by molar-refractivity contribution is -0.126. The molecule has 0 spiro atoms. The summed E-state index contributed by atoms with van der Waals surface area (Å²) < 4.78 is 7.52. The van der Waals surface area contributed by atoms with Crippen molar-refractivity contribution in [3.05, 3.63) is 40.6 Å². The van der Waals surface area contributed by atoms with E-state index in [0.29, 0.717) is 12.6 Å². The van der Waals surface area contributed by atoms with Gasteiger partial charge in [0.1, 0.15) is 6.04 Å². The van der Waals surface area contributed by atoms with Gasteiger partial charge in [-0.05, 0) is 30.7 Å². The fourth-order valence-corrected chi connectivity index (χ4v) is 4.45. The molecular formula is C18H24N4O2S. The molecule has 1 amide bonds. The zero-order valence-electron chi connectivity index (χ0n) is 14.3. The van der Waals surface area contributed by atoms with Crippen LogP contribution in [0.5, 0.6) is 0 Å². The Bertz CT molecular complexity index is 694. The number of aromatic nitrogens is 2. The second-order valence-corrected chi connectivity index (χ2v) is 7.73. The molecule has 2 aliphatic rings. The van der Waals surface area contributed by atoms with Crippen molar-refractivity contribution in [3.8, 4) is 0 Å². The molecule has 7 heteroatoms. The Balaban J connectivity index is 1.41. The standard InChI is InChI=1S/C18H24N4O2S/c23-18(20-6-3-16-2-1-9-25-16)17-12-21(14-4-7-24-8-5-14)11-15-10-19-13-22(15)17/h1-2,9-10,13-14,17H,3-8,11-12H2,(H,20,23)/t17-/m1/s1. The highest BCUT2D eigenvalue weighted by Crippen LogP contribution is 2.26. The summed E-state index contributed by atoms with van der Waals surface area (Å²) in [5.74, 6) is 0.0903. The first-order valence-electron chi connectivity index (χ1n) is 8.94. The lowest BCUT2D eigenvalue weighted by Gasteiger charge is -2.40. The number of carbonyl (C=O) groups excluding carboxylic acids is 1. The zero-order valence-corrected chi connectivity index (χ0v) is 15.1. The molecule has 1 saturated heterocycles. The first-order valence-corrected chi connectivity index (χ1v) is 9.82. The third kappa shape index (κ3) is 3.78. The van der Waals surface area contributed by atoms with Crippen molar-refractivity contribution in [2.24, 2.45) is 0 Å². The molecule has 0 radical (unpaired) electrons. The van der Waals surface area contributed by atoms with Crippen molar-refractivity contribution < 1.29 is 9.53 Å². The summed E-state index contributed by atoms with van der Waals surface area (Å²) in [5, 5.41) is 5.18. The molecule has 1 fully saturated rings. The van der Waals surface area contributed by atoms with Crippen molar-refractivity contribution in [2.75, 3.05) is 26.3 Å². The molecule has 0 unspecified atom stereocenters. The lowest BCUT2D eigenvalue weighted by Crippen LogP contribution is -2.49. The minimum atomic E-state index is -0.197. The van der Waals surface area contributed by atoms with E-state index in [1.807, 2.05) is 16.8 Å². The van der Waals surface area contributed by atoms with Crippen LogP contribution in [0.4, 0.5) is 0 Å². The smallest absolute Gasteiger partial charge is 0.244 e. The number of hydrogen-bond acceptors (Lipinski definition) is 5. The van der Waals surface area contributed by atoms with Crippen molar-refractivity contribution >= 4 is 17.2 Å². The fourth-order valence-electron chi connectivity index (χ4n) is 3.74. The normalized spacial score (nSPS) is 21.8. The molecule has 134 valence electrons. The van der Waals surface area contributed by atoms with Gasteiger partial charge in [0.05, 0.1) is 12.0 Å². The van der Waals surface area contributed by atoms with E-state index in [9.17, 15) is 4.79 Å². The Morgan fingerprint density at radius 3 is 3.08 bits per heavy atom. The quantitative estimate of drug-likeness (QED) is 0.884. The topological polar surface area (TPSA) is 59.4 Å². The number of ether oxygens (including phenoxy) is 1. The number of rotatable bonds is 5. The molecule has 6 nitrogen and oxygen atoms in total. The third-order valence-corrected chi connectivity index (χ3v) is 6.05. The van der Waals surface area contributed by atoms with Crippen molar-refractivity contribution in [2.45, 2.75) is 37.9 Å². The number of nitrogens with zero attached hydrogens (tertiary/aromatic N) is 3. The van der Waals surface area contributed by atoms with E-state index < -0.39 is 0 Å². The molecule has 2 aromatic rings. The zero-order chi connectivity index (χ0) is 17.1. The van der Waals surface area contributed by atoms with E-state index in [4.69, 9.17) is 4.74 Å². The molecule has 4 rings (SSSR count). The number of thiophene rings is 1. The van der Waals surface area contributed by atoms with Crippen molar-refractivity contribution in [1.29, 1.82) is 0 Å². The van der Waals surface area contributed by atoms with Crippen LogP contribution in [0, 0.1) is 0 Å². The molecular weight excluding hydrogens is 336 g/mol. The van der Waals surface area contributed by atoms with E-state index in [2.05, 4.69) is 26.6 Å². The van der Waals surface area contributed by atoms with E-state index in [0.717, 1.165) is 51.3 Å². The van der Waals surface area contributed by atoms with Gasteiger partial charge in [0.15, 0.2) is 0 Å². The van der Waals surface area contributed by atoms with E-state index in [1.54, 1.807) is 17.7 Å². The van der Waals surface area contributed by atoms with Gasteiger partial charge in [-0.2, -0.15) is 0 Å². The van der Waals surface area contributed by atoms with Gasteiger partial charge in [0.2, 0.25) is 5.91 Å². The summed E-state index contributed by atoms with van der Waals surface area (Å²) in [6, 6.07) is 4.46. The van der Waals surface area contributed by atoms with Crippen LogP contribution >= 0.6 is 11.3 Å². The maximum absolute atomic E-state index is 12.8. The maximum Gasteiger partial charge on any atom is 0.244 e. The molecule has 2 aromatic heterocycles. The van der Waals surface area contributed by atoms with Gasteiger partial charge in [0.25, 0.3) is 0 Å². The number of fused-ring (bicyclic) bond motifs is 1. The first kappa shape index (κ1) is 16.8. The van der Waals surface area contributed by atoms with Gasteiger partial charge in [0, 0.05) is 50.0 Å². The van der Waals surface area contributed by atoms with Crippen molar-refractivity contribution in [3.63, 3.8) is 0 Å². The van der Waals surface area contributed by atoms with Crippen LogP contribution in [0.1, 0.15) is 29.5 Å². The predicted molar refractivity (Wildman–Crippen MR) is 96.5 cm³/mol. The van der Waals surface area contributed by atoms with Crippen LogP contribution in [-0.2, 0) is 22.5 Å². The predicted octanol–water partition coefficient (Wildman–Crippen LogP) is 1.84. The summed E-state index contributed by atoms with van der Waals surface area (Å²) in [6.07, 6.45) is 6.65. The van der Waals surface area contributed by atoms with E-state index in [1.165, 1.54) is 4.88 Å². The number of imidazole rings is 1. The lowest BCUT2D eigenvalue weighted by atomic mass is 10.0. The summed E-state index contributed by atoms with van der Waals surface area (Å²) in [4.78, 5) is 20.8. The molecule has 1 N–H and O–H groups in total. The maximum atomic E-state index is 12.8. The summed E-state index contributed by atoms with van der Waals surface area (Å²) in [5.41, 5.74) is 1.12. The van der Waals surface area contributed by atoms with Crippen LogP contribution < -0.4 is 5.32 Å². The average Bonchev–Trinajstić information content (AvgIpc) is 3.33. The first-order chi connectivity index (χ1) is 12.3. The highest BCUT2D eigenvalue weighted by Gasteiger charge is 2.33. The number of hydrogen-bond donors (Lipinski definition) is 1. The van der Waals surface area contributed by atoms with Crippen LogP contribution in [-0.4, -0.2) is 52.7 Å². The molecule has 0 aliphatic carbocycles. The van der Waals surface area contributed by atoms with Gasteiger partial charge in [-0.15, -0.1) is 11.3 Å². The molecule has 0 saturated carbocycles. The molecule has 1 atom stereocenters. The average molecular weight is 360 g/mol. The second-order valence-electron chi connectivity index (χ2n) is 6.70.